The zero-order valence-electron chi connectivity index (χ0n) is 7.22. The van der Waals surface area contributed by atoms with Gasteiger partial charge in [0.2, 0.25) is 0 Å². The minimum Gasteiger partial charge on any atom is -0.452 e. The fourth-order valence-electron chi connectivity index (χ4n) is 0.422. The summed E-state index contributed by atoms with van der Waals surface area (Å²) in [6.07, 6.45) is 0. The second-order valence-electron chi connectivity index (χ2n) is 3.10. The molecule has 0 bridgehead atoms. The number of carbonyl (C=O) groups excluding carboxylic acids is 1. The van der Waals surface area contributed by atoms with E-state index in [-0.39, 0.29) is 5.30 Å². The molecule has 0 aliphatic carbocycles. The van der Waals surface area contributed by atoms with Crippen LogP contribution in [0.1, 0.15) is 20.8 Å². The Balaban J connectivity index is 3.53. The van der Waals surface area contributed by atoms with Gasteiger partial charge in [0.1, 0.15) is 5.60 Å². The first-order chi connectivity index (χ1) is 4.95. The summed E-state index contributed by atoms with van der Waals surface area (Å²) in [7, 11) is 0. The Morgan fingerprint density at radius 1 is 1.55 bits per heavy atom. The minimum absolute atomic E-state index is 0.247. The van der Waals surface area contributed by atoms with E-state index >= 15 is 0 Å². The van der Waals surface area contributed by atoms with Crippen molar-refractivity contribution < 1.29 is 9.53 Å². The van der Waals surface area contributed by atoms with E-state index in [1.54, 1.807) is 0 Å². The highest BCUT2D eigenvalue weighted by Crippen LogP contribution is 2.13. The van der Waals surface area contributed by atoms with Crippen molar-refractivity contribution in [3.63, 3.8) is 0 Å². The smallest absolute Gasteiger partial charge is 0.367 e. The average Bonchev–Trinajstić information content (AvgIpc) is 1.79. The van der Waals surface area contributed by atoms with Crippen LogP contribution in [-0.4, -0.2) is 23.2 Å². The van der Waals surface area contributed by atoms with Gasteiger partial charge in [0.05, 0.1) is 0 Å². The number of rotatable bonds is 2. The average molecular weight is 177 g/mol. The highest BCUT2D eigenvalue weighted by atomic mass is 32.2. The van der Waals surface area contributed by atoms with Crippen molar-refractivity contribution in [2.45, 2.75) is 26.4 Å². The Bertz CT molecular complexity index is 131. The van der Waals surface area contributed by atoms with Gasteiger partial charge in [-0.25, -0.2) is 4.79 Å². The van der Waals surface area contributed by atoms with Gasteiger partial charge in [-0.3, -0.25) is 0 Å². The van der Waals surface area contributed by atoms with Crippen molar-refractivity contribution in [2.24, 2.45) is 5.73 Å². The molecular weight excluding hydrogens is 162 g/mol. The first-order valence-corrected chi connectivity index (χ1v) is 4.50. The van der Waals surface area contributed by atoms with Crippen LogP contribution in [0.25, 0.3) is 0 Å². The number of hydrogen-bond acceptors (Lipinski definition) is 4. The standard InChI is InChI=1S/C7H15NO2S/c1-7(2,3)10-6(9)11-5-4-8/h4-5,8H2,1-3H3. The molecule has 0 fully saturated rings. The van der Waals surface area contributed by atoms with E-state index in [4.69, 9.17) is 10.5 Å². The zero-order valence-corrected chi connectivity index (χ0v) is 8.03. The molecule has 11 heavy (non-hydrogen) atoms. The van der Waals surface area contributed by atoms with Crippen LogP contribution in [0.3, 0.4) is 0 Å². The van der Waals surface area contributed by atoms with Gasteiger partial charge in [0.25, 0.3) is 0 Å². The molecule has 2 N–H and O–H groups in total. The van der Waals surface area contributed by atoms with E-state index in [1.165, 1.54) is 0 Å². The fraction of sp³-hybridized carbons (Fsp3) is 0.857. The molecule has 4 heteroatoms. The SMILES string of the molecule is CC(C)(C)OC(=O)SCCN. The summed E-state index contributed by atoms with van der Waals surface area (Å²) in [5.74, 6) is 0.620. The molecule has 0 spiro atoms. The van der Waals surface area contributed by atoms with Gasteiger partial charge in [-0.1, -0.05) is 0 Å². The third-order valence-corrected chi connectivity index (χ3v) is 1.49. The summed E-state index contributed by atoms with van der Waals surface area (Å²) >= 11 is 1.12. The molecule has 0 heterocycles. The number of nitrogens with two attached hydrogens (primary N) is 1. The van der Waals surface area contributed by atoms with Gasteiger partial charge in [-0.15, -0.1) is 0 Å². The summed E-state index contributed by atoms with van der Waals surface area (Å²) in [5, 5.41) is -0.247. The van der Waals surface area contributed by atoms with Crippen LogP contribution in [0.2, 0.25) is 0 Å². The molecule has 0 saturated heterocycles. The third-order valence-electron chi connectivity index (χ3n) is 0.727. The lowest BCUT2D eigenvalue weighted by Crippen LogP contribution is -2.22. The highest BCUT2D eigenvalue weighted by molar-refractivity contribution is 8.13. The normalized spacial score (nSPS) is 11.3. The van der Waals surface area contributed by atoms with Crippen LogP contribution in [0.4, 0.5) is 4.79 Å². The van der Waals surface area contributed by atoms with Crippen LogP contribution in [0.5, 0.6) is 0 Å². The van der Waals surface area contributed by atoms with Gasteiger partial charge in [-0.2, -0.15) is 0 Å². The maximum absolute atomic E-state index is 10.9. The number of ether oxygens (including phenoxy) is 1. The van der Waals surface area contributed by atoms with Crippen LogP contribution in [0, 0.1) is 0 Å². The van der Waals surface area contributed by atoms with Gasteiger partial charge < -0.3 is 10.5 Å². The summed E-state index contributed by atoms with van der Waals surface area (Å²) in [4.78, 5) is 10.9. The van der Waals surface area contributed by atoms with Gasteiger partial charge in [0, 0.05) is 12.3 Å². The Kier molecular flexibility index (Phi) is 4.52. The summed E-state index contributed by atoms with van der Waals surface area (Å²) < 4.78 is 5.01. The highest BCUT2D eigenvalue weighted by Gasteiger charge is 2.15. The molecule has 0 rings (SSSR count). The molecule has 66 valence electrons. The minimum atomic E-state index is -0.390. The monoisotopic (exact) mass is 177 g/mol. The molecule has 3 nitrogen and oxygen atoms in total. The molecule has 0 aromatic carbocycles. The van der Waals surface area contributed by atoms with Crippen LogP contribution >= 0.6 is 11.8 Å². The largest absolute Gasteiger partial charge is 0.452 e. The van der Waals surface area contributed by atoms with E-state index in [0.717, 1.165) is 11.8 Å². The van der Waals surface area contributed by atoms with Gasteiger partial charge in [0.15, 0.2) is 0 Å². The van der Waals surface area contributed by atoms with E-state index in [1.807, 2.05) is 20.8 Å². The van der Waals surface area contributed by atoms with Gasteiger partial charge in [-0.05, 0) is 32.5 Å². The summed E-state index contributed by atoms with van der Waals surface area (Å²) in [6, 6.07) is 0. The molecule has 0 amide bonds. The van der Waals surface area contributed by atoms with Crippen molar-refractivity contribution in [1.82, 2.24) is 0 Å². The predicted molar refractivity (Wildman–Crippen MR) is 47.7 cm³/mol. The van der Waals surface area contributed by atoms with Crippen LogP contribution in [0.15, 0.2) is 0 Å². The molecular formula is C7H15NO2S. The number of thioether (sulfide) groups is 1. The molecule has 0 aromatic heterocycles. The van der Waals surface area contributed by atoms with Crippen molar-refractivity contribution in [3.8, 4) is 0 Å². The Hall–Kier alpha value is -0.220. The molecule has 0 saturated carbocycles. The second kappa shape index (κ2) is 4.62. The lowest BCUT2D eigenvalue weighted by Gasteiger charge is -2.18. The predicted octanol–water partition coefficient (Wildman–Crippen LogP) is 1.61. The lowest BCUT2D eigenvalue weighted by atomic mass is 10.2. The van der Waals surface area contributed by atoms with Crippen LogP contribution < -0.4 is 5.73 Å². The van der Waals surface area contributed by atoms with E-state index < -0.39 is 5.60 Å². The van der Waals surface area contributed by atoms with Crippen LogP contribution in [-0.2, 0) is 4.74 Å². The maximum atomic E-state index is 10.9. The quantitative estimate of drug-likeness (QED) is 0.651. The van der Waals surface area contributed by atoms with E-state index in [0.29, 0.717) is 12.3 Å². The topological polar surface area (TPSA) is 52.3 Å². The lowest BCUT2D eigenvalue weighted by molar-refractivity contribution is 0.0738. The van der Waals surface area contributed by atoms with E-state index in [2.05, 4.69) is 0 Å². The summed E-state index contributed by atoms with van der Waals surface area (Å²) in [6.45, 7) is 6.03. The van der Waals surface area contributed by atoms with Crippen molar-refractivity contribution in [2.75, 3.05) is 12.3 Å². The Morgan fingerprint density at radius 3 is 2.45 bits per heavy atom. The van der Waals surface area contributed by atoms with Crippen molar-refractivity contribution in [3.05, 3.63) is 0 Å². The van der Waals surface area contributed by atoms with Gasteiger partial charge >= 0.3 is 5.30 Å². The molecule has 0 atom stereocenters. The van der Waals surface area contributed by atoms with Crippen molar-refractivity contribution >= 4 is 17.1 Å². The molecule has 0 unspecified atom stereocenters. The number of carbonyl (C=O) groups is 1. The Morgan fingerprint density at radius 2 is 2.09 bits per heavy atom. The first kappa shape index (κ1) is 10.8. The maximum Gasteiger partial charge on any atom is 0.367 e. The number of hydrogen-bond donors (Lipinski definition) is 1. The first-order valence-electron chi connectivity index (χ1n) is 3.51. The molecule has 0 aliphatic heterocycles. The molecule has 0 radical (unpaired) electrons. The summed E-state index contributed by atoms with van der Waals surface area (Å²) in [5.41, 5.74) is 4.82. The third kappa shape index (κ3) is 7.68. The van der Waals surface area contributed by atoms with E-state index in [9.17, 15) is 4.79 Å². The molecule has 0 aliphatic rings. The molecule has 0 aromatic rings. The Labute approximate surface area is 71.7 Å². The second-order valence-corrected chi connectivity index (χ2v) is 4.13. The zero-order chi connectivity index (χ0) is 8.91. The fourth-order valence-corrected chi connectivity index (χ4v) is 1.02. The van der Waals surface area contributed by atoms with Crippen molar-refractivity contribution in [1.29, 1.82) is 0 Å².